The summed E-state index contributed by atoms with van der Waals surface area (Å²) < 4.78 is 32.8. The average molecular weight is 274 g/mol. The number of aliphatic hydroxyl groups is 1. The van der Waals surface area contributed by atoms with Crippen molar-refractivity contribution in [2.45, 2.75) is 32.5 Å². The minimum absolute atomic E-state index is 0.0244. The number of hydrogen-bond acceptors (Lipinski definition) is 4. The Kier molecular flexibility index (Phi) is 6.21. The molecule has 1 atom stereocenters. The van der Waals surface area contributed by atoms with Crippen molar-refractivity contribution in [3.8, 4) is 5.75 Å². The molecule has 0 heterocycles. The van der Waals surface area contributed by atoms with Crippen molar-refractivity contribution in [3.63, 3.8) is 0 Å². The highest BCUT2D eigenvalue weighted by molar-refractivity contribution is 5.69. The molecule has 0 aliphatic heterocycles. The van der Waals surface area contributed by atoms with Gasteiger partial charge in [-0.1, -0.05) is 12.1 Å². The zero-order valence-electron chi connectivity index (χ0n) is 10.5. The van der Waals surface area contributed by atoms with Crippen LogP contribution in [0.2, 0.25) is 0 Å². The summed E-state index contributed by atoms with van der Waals surface area (Å²) >= 11 is 0. The van der Waals surface area contributed by atoms with Crippen molar-refractivity contribution in [1.29, 1.82) is 0 Å². The molecule has 0 saturated heterocycles. The van der Waals surface area contributed by atoms with Crippen molar-refractivity contribution in [2.75, 3.05) is 6.61 Å². The predicted molar refractivity (Wildman–Crippen MR) is 63.9 cm³/mol. The van der Waals surface area contributed by atoms with Crippen LogP contribution in [-0.4, -0.2) is 24.3 Å². The lowest BCUT2D eigenvalue weighted by Crippen LogP contribution is -2.07. The van der Waals surface area contributed by atoms with Crippen LogP contribution in [0, 0.1) is 0 Å². The monoisotopic (exact) mass is 274 g/mol. The first-order valence-corrected chi connectivity index (χ1v) is 5.91. The number of ether oxygens (including phenoxy) is 2. The van der Waals surface area contributed by atoms with E-state index in [9.17, 15) is 18.7 Å². The van der Waals surface area contributed by atoms with Gasteiger partial charge in [0, 0.05) is 6.42 Å². The second-order valence-corrected chi connectivity index (χ2v) is 3.81. The quantitative estimate of drug-likeness (QED) is 0.777. The molecule has 0 fully saturated rings. The number of aliphatic hydroxyl groups excluding tert-OH is 1. The molecule has 6 heteroatoms. The first kappa shape index (κ1) is 15.4. The summed E-state index contributed by atoms with van der Waals surface area (Å²) in [5.74, 6) is -0.351. The van der Waals surface area contributed by atoms with Gasteiger partial charge in [-0.25, -0.2) is 0 Å². The van der Waals surface area contributed by atoms with Crippen LogP contribution in [0.3, 0.4) is 0 Å². The fourth-order valence-corrected chi connectivity index (χ4v) is 1.53. The number of carbonyl (C=O) groups is 1. The minimum Gasteiger partial charge on any atom is -0.466 e. The second kappa shape index (κ2) is 7.68. The van der Waals surface area contributed by atoms with Crippen LogP contribution >= 0.6 is 0 Å². The van der Waals surface area contributed by atoms with Crippen LogP contribution in [0.1, 0.15) is 31.4 Å². The van der Waals surface area contributed by atoms with Gasteiger partial charge in [0.15, 0.2) is 0 Å². The number of halogens is 2. The second-order valence-electron chi connectivity index (χ2n) is 3.81. The Balaban J connectivity index is 2.48. The summed E-state index contributed by atoms with van der Waals surface area (Å²) in [6, 6.07) is 5.64. The Labute approximate surface area is 109 Å². The van der Waals surface area contributed by atoms with E-state index in [1.807, 2.05) is 0 Å². The lowest BCUT2D eigenvalue weighted by Gasteiger charge is -2.11. The van der Waals surface area contributed by atoms with Crippen LogP contribution in [-0.2, 0) is 9.53 Å². The largest absolute Gasteiger partial charge is 0.466 e. The summed E-state index contributed by atoms with van der Waals surface area (Å²) in [7, 11) is 0. The maximum Gasteiger partial charge on any atom is 0.387 e. The Hall–Kier alpha value is -1.69. The van der Waals surface area contributed by atoms with Gasteiger partial charge in [-0.3, -0.25) is 4.79 Å². The number of rotatable bonds is 7. The molecule has 0 aliphatic rings. The van der Waals surface area contributed by atoms with Crippen molar-refractivity contribution in [2.24, 2.45) is 0 Å². The number of alkyl halides is 2. The highest BCUT2D eigenvalue weighted by Gasteiger charge is 2.12. The standard InChI is InChI=1S/C13H16F2O4/c1-2-18-12(17)8-7-11(16)9-3-5-10(6-4-9)19-13(14)15/h3-6,11,13,16H,2,7-8H2,1H3. The third kappa shape index (κ3) is 5.65. The minimum atomic E-state index is -2.88. The normalized spacial score (nSPS) is 12.3. The van der Waals surface area contributed by atoms with Gasteiger partial charge < -0.3 is 14.6 Å². The summed E-state index contributed by atoms with van der Waals surface area (Å²) in [6.07, 6.45) is -0.525. The Bertz CT molecular complexity index is 392. The molecule has 0 aromatic heterocycles. The Morgan fingerprint density at radius 3 is 2.47 bits per heavy atom. The highest BCUT2D eigenvalue weighted by Crippen LogP contribution is 2.22. The van der Waals surface area contributed by atoms with E-state index in [0.717, 1.165) is 0 Å². The van der Waals surface area contributed by atoms with Gasteiger partial charge in [0.1, 0.15) is 5.75 Å². The fourth-order valence-electron chi connectivity index (χ4n) is 1.53. The lowest BCUT2D eigenvalue weighted by molar-refractivity contribution is -0.143. The Morgan fingerprint density at radius 1 is 1.32 bits per heavy atom. The summed E-state index contributed by atoms with van der Waals surface area (Å²) in [6.45, 7) is -0.871. The molecule has 0 bridgehead atoms. The number of benzene rings is 1. The number of esters is 1. The van der Waals surface area contributed by atoms with Crippen LogP contribution in [0.15, 0.2) is 24.3 Å². The van der Waals surface area contributed by atoms with E-state index in [-0.39, 0.29) is 24.6 Å². The van der Waals surface area contributed by atoms with Crippen LogP contribution in [0.4, 0.5) is 8.78 Å². The van der Waals surface area contributed by atoms with Crippen molar-refractivity contribution < 1.29 is 28.2 Å². The van der Waals surface area contributed by atoms with Gasteiger partial charge >= 0.3 is 12.6 Å². The first-order valence-electron chi connectivity index (χ1n) is 5.91. The smallest absolute Gasteiger partial charge is 0.387 e. The summed E-state index contributed by atoms with van der Waals surface area (Å²) in [4.78, 5) is 11.1. The predicted octanol–water partition coefficient (Wildman–Crippen LogP) is 2.66. The van der Waals surface area contributed by atoms with Gasteiger partial charge in [-0.15, -0.1) is 0 Å². The molecule has 0 amide bonds. The topological polar surface area (TPSA) is 55.8 Å². The molecule has 1 rings (SSSR count). The van der Waals surface area contributed by atoms with Gasteiger partial charge in [-0.05, 0) is 31.0 Å². The lowest BCUT2D eigenvalue weighted by atomic mass is 10.0. The third-order valence-electron chi connectivity index (χ3n) is 2.42. The van der Waals surface area contributed by atoms with Gasteiger partial charge in [0.25, 0.3) is 0 Å². The molecule has 0 saturated carbocycles. The zero-order chi connectivity index (χ0) is 14.3. The first-order chi connectivity index (χ1) is 9.02. The van der Waals surface area contributed by atoms with E-state index >= 15 is 0 Å². The van der Waals surface area contributed by atoms with Gasteiger partial charge in [0.2, 0.25) is 0 Å². The van der Waals surface area contributed by atoms with E-state index < -0.39 is 12.7 Å². The van der Waals surface area contributed by atoms with Crippen LogP contribution < -0.4 is 4.74 Å². The number of hydrogen-bond donors (Lipinski definition) is 1. The van der Waals surface area contributed by atoms with Crippen molar-refractivity contribution in [1.82, 2.24) is 0 Å². The molecule has 1 aromatic carbocycles. The van der Waals surface area contributed by atoms with E-state index in [1.165, 1.54) is 24.3 Å². The molecule has 0 aliphatic carbocycles. The van der Waals surface area contributed by atoms with Crippen molar-refractivity contribution in [3.05, 3.63) is 29.8 Å². The molecule has 4 nitrogen and oxygen atoms in total. The Morgan fingerprint density at radius 2 is 1.95 bits per heavy atom. The molecule has 0 spiro atoms. The van der Waals surface area contributed by atoms with Gasteiger partial charge in [-0.2, -0.15) is 8.78 Å². The molecule has 19 heavy (non-hydrogen) atoms. The molecule has 0 radical (unpaired) electrons. The number of carbonyl (C=O) groups excluding carboxylic acids is 1. The van der Waals surface area contributed by atoms with E-state index in [1.54, 1.807) is 6.92 Å². The molecule has 106 valence electrons. The fraction of sp³-hybridized carbons (Fsp3) is 0.462. The maximum atomic E-state index is 11.9. The zero-order valence-corrected chi connectivity index (χ0v) is 10.5. The van der Waals surface area contributed by atoms with E-state index in [2.05, 4.69) is 4.74 Å². The average Bonchev–Trinajstić information content (AvgIpc) is 2.36. The molecule has 1 aromatic rings. The van der Waals surface area contributed by atoms with E-state index in [0.29, 0.717) is 12.2 Å². The maximum absolute atomic E-state index is 11.9. The molecular weight excluding hydrogens is 258 g/mol. The molecule has 1 unspecified atom stereocenters. The van der Waals surface area contributed by atoms with Crippen LogP contribution in [0.25, 0.3) is 0 Å². The highest BCUT2D eigenvalue weighted by atomic mass is 19.3. The van der Waals surface area contributed by atoms with Crippen molar-refractivity contribution >= 4 is 5.97 Å². The summed E-state index contributed by atoms with van der Waals surface area (Å²) in [5, 5.41) is 9.81. The summed E-state index contributed by atoms with van der Waals surface area (Å²) in [5.41, 5.74) is 0.533. The molecular formula is C13H16F2O4. The van der Waals surface area contributed by atoms with Crippen LogP contribution in [0.5, 0.6) is 5.75 Å². The van der Waals surface area contributed by atoms with E-state index in [4.69, 9.17) is 4.74 Å². The SMILES string of the molecule is CCOC(=O)CCC(O)c1ccc(OC(F)F)cc1. The molecule has 1 N–H and O–H groups in total. The third-order valence-corrected chi connectivity index (χ3v) is 2.42. The van der Waals surface area contributed by atoms with Gasteiger partial charge in [0.05, 0.1) is 12.7 Å².